The molecule has 1 aromatic carbocycles. The van der Waals surface area contributed by atoms with Crippen molar-refractivity contribution in [1.82, 2.24) is 4.90 Å². The number of carbonyl (C=O) groups excluding carboxylic acids is 2. The normalized spacial score (nSPS) is 21.3. The van der Waals surface area contributed by atoms with Crippen LogP contribution in [0.25, 0.3) is 0 Å². The lowest BCUT2D eigenvalue weighted by Crippen LogP contribution is -2.47. The van der Waals surface area contributed by atoms with E-state index in [1.807, 2.05) is 44.2 Å². The minimum absolute atomic E-state index is 0.108. The summed E-state index contributed by atoms with van der Waals surface area (Å²) in [4.78, 5) is 26.0. The second kappa shape index (κ2) is 5.53. The van der Waals surface area contributed by atoms with Crippen molar-refractivity contribution < 1.29 is 9.59 Å². The summed E-state index contributed by atoms with van der Waals surface area (Å²) in [6.45, 7) is 4.28. The molecule has 0 bridgehead atoms. The van der Waals surface area contributed by atoms with E-state index in [9.17, 15) is 9.59 Å². The molecule has 2 unspecified atom stereocenters. The molecule has 2 amide bonds. The van der Waals surface area contributed by atoms with Gasteiger partial charge < -0.3 is 5.73 Å². The van der Waals surface area contributed by atoms with Crippen LogP contribution in [0.3, 0.4) is 0 Å². The van der Waals surface area contributed by atoms with Gasteiger partial charge in [0.05, 0.1) is 12.0 Å². The molecule has 4 heteroatoms. The summed E-state index contributed by atoms with van der Waals surface area (Å²) in [7, 11) is 0. The zero-order valence-corrected chi connectivity index (χ0v) is 11.4. The third-order valence-corrected chi connectivity index (χ3v) is 3.73. The standard InChI is InChI=1S/C15H20N2O2/c1-10(2)13(9-16)17-14(18)8-12(15(17)19)11-6-4-3-5-7-11/h3-7,10,12-13H,8-9,16H2,1-2H3. The fourth-order valence-corrected chi connectivity index (χ4v) is 2.62. The van der Waals surface area contributed by atoms with Gasteiger partial charge in [-0.1, -0.05) is 44.2 Å². The van der Waals surface area contributed by atoms with Crippen LogP contribution in [0.5, 0.6) is 0 Å². The Bertz CT molecular complexity index is 470. The van der Waals surface area contributed by atoms with Crippen LogP contribution in [0.15, 0.2) is 30.3 Å². The quantitative estimate of drug-likeness (QED) is 0.835. The predicted molar refractivity (Wildman–Crippen MR) is 73.3 cm³/mol. The molecule has 1 aliphatic rings. The highest BCUT2D eigenvalue weighted by atomic mass is 16.2. The van der Waals surface area contributed by atoms with Crippen LogP contribution in [-0.2, 0) is 9.59 Å². The fourth-order valence-electron chi connectivity index (χ4n) is 2.62. The summed E-state index contributed by atoms with van der Waals surface area (Å²) in [5, 5.41) is 0. The average Bonchev–Trinajstić information content (AvgIpc) is 2.68. The summed E-state index contributed by atoms with van der Waals surface area (Å²) < 4.78 is 0. The first-order chi connectivity index (χ1) is 9.06. The van der Waals surface area contributed by atoms with Gasteiger partial charge in [0.2, 0.25) is 11.8 Å². The van der Waals surface area contributed by atoms with Crippen LogP contribution < -0.4 is 5.73 Å². The van der Waals surface area contributed by atoms with Gasteiger partial charge in [0.15, 0.2) is 0 Å². The monoisotopic (exact) mass is 260 g/mol. The maximum absolute atomic E-state index is 12.5. The highest BCUT2D eigenvalue weighted by Gasteiger charge is 2.43. The third-order valence-electron chi connectivity index (χ3n) is 3.73. The average molecular weight is 260 g/mol. The molecule has 0 spiro atoms. The van der Waals surface area contributed by atoms with Gasteiger partial charge in [0.25, 0.3) is 0 Å². The van der Waals surface area contributed by atoms with Gasteiger partial charge in [-0.25, -0.2) is 0 Å². The van der Waals surface area contributed by atoms with E-state index in [-0.39, 0.29) is 36.1 Å². The second-order valence-electron chi connectivity index (χ2n) is 5.32. The number of hydrogen-bond acceptors (Lipinski definition) is 3. The van der Waals surface area contributed by atoms with Gasteiger partial charge in [-0.2, -0.15) is 0 Å². The molecule has 19 heavy (non-hydrogen) atoms. The van der Waals surface area contributed by atoms with E-state index in [1.165, 1.54) is 4.90 Å². The van der Waals surface area contributed by atoms with E-state index in [4.69, 9.17) is 5.73 Å². The van der Waals surface area contributed by atoms with Crippen molar-refractivity contribution >= 4 is 11.8 Å². The van der Waals surface area contributed by atoms with Crippen LogP contribution in [0, 0.1) is 5.92 Å². The first-order valence-electron chi connectivity index (χ1n) is 6.67. The van der Waals surface area contributed by atoms with Crippen molar-refractivity contribution in [3.8, 4) is 0 Å². The second-order valence-corrected chi connectivity index (χ2v) is 5.32. The Balaban J connectivity index is 2.26. The molecule has 0 saturated carbocycles. The van der Waals surface area contributed by atoms with E-state index in [2.05, 4.69) is 0 Å². The van der Waals surface area contributed by atoms with Gasteiger partial charge in [-0.15, -0.1) is 0 Å². The van der Waals surface area contributed by atoms with Gasteiger partial charge in [0.1, 0.15) is 0 Å². The highest BCUT2D eigenvalue weighted by Crippen LogP contribution is 2.31. The lowest BCUT2D eigenvalue weighted by molar-refractivity contribution is -0.142. The predicted octanol–water partition coefficient (Wildman–Crippen LogP) is 1.51. The van der Waals surface area contributed by atoms with Crippen molar-refractivity contribution in [3.05, 3.63) is 35.9 Å². The molecule has 0 radical (unpaired) electrons. The zero-order chi connectivity index (χ0) is 14.0. The Morgan fingerprint density at radius 2 is 1.89 bits per heavy atom. The van der Waals surface area contributed by atoms with E-state index < -0.39 is 0 Å². The topological polar surface area (TPSA) is 63.4 Å². The Kier molecular flexibility index (Phi) is 4.00. The van der Waals surface area contributed by atoms with Gasteiger partial charge in [0, 0.05) is 13.0 Å². The van der Waals surface area contributed by atoms with E-state index in [1.54, 1.807) is 0 Å². The van der Waals surface area contributed by atoms with Crippen molar-refractivity contribution in [2.75, 3.05) is 6.54 Å². The van der Waals surface area contributed by atoms with E-state index >= 15 is 0 Å². The Hall–Kier alpha value is -1.68. The molecule has 102 valence electrons. The third kappa shape index (κ3) is 2.54. The molecule has 4 nitrogen and oxygen atoms in total. The van der Waals surface area contributed by atoms with Crippen LogP contribution in [0.2, 0.25) is 0 Å². The molecular formula is C15H20N2O2. The number of nitrogens with zero attached hydrogens (tertiary/aromatic N) is 1. The number of carbonyl (C=O) groups is 2. The number of likely N-dealkylation sites (tertiary alicyclic amines) is 1. The first-order valence-corrected chi connectivity index (χ1v) is 6.67. The molecule has 1 aromatic rings. The number of amides is 2. The molecule has 0 aliphatic carbocycles. The summed E-state index contributed by atoms with van der Waals surface area (Å²) in [5.41, 5.74) is 6.62. The van der Waals surface area contributed by atoms with Crippen LogP contribution in [0.1, 0.15) is 31.7 Å². The van der Waals surface area contributed by atoms with Gasteiger partial charge >= 0.3 is 0 Å². The smallest absolute Gasteiger partial charge is 0.237 e. The summed E-state index contributed by atoms with van der Waals surface area (Å²) in [5.74, 6) is -0.391. The first kappa shape index (κ1) is 13.7. The lowest BCUT2D eigenvalue weighted by Gasteiger charge is -2.28. The Morgan fingerprint density at radius 3 is 2.42 bits per heavy atom. The van der Waals surface area contributed by atoms with Crippen LogP contribution >= 0.6 is 0 Å². The van der Waals surface area contributed by atoms with Gasteiger partial charge in [-0.05, 0) is 11.5 Å². The number of rotatable bonds is 4. The maximum Gasteiger partial charge on any atom is 0.237 e. The molecule has 0 aromatic heterocycles. The number of hydrogen-bond donors (Lipinski definition) is 1. The largest absolute Gasteiger partial charge is 0.328 e. The molecular weight excluding hydrogens is 240 g/mol. The summed E-state index contributed by atoms with van der Waals surface area (Å²) >= 11 is 0. The van der Waals surface area contributed by atoms with E-state index in [0.717, 1.165) is 5.56 Å². The molecule has 2 atom stereocenters. The SMILES string of the molecule is CC(C)C(CN)N1C(=O)CC(c2ccccc2)C1=O. The van der Waals surface area contributed by atoms with E-state index in [0.29, 0.717) is 6.54 Å². The van der Waals surface area contributed by atoms with Crippen molar-refractivity contribution in [2.24, 2.45) is 11.7 Å². The highest BCUT2D eigenvalue weighted by molar-refractivity contribution is 6.06. The molecule has 2 rings (SSSR count). The van der Waals surface area contributed by atoms with Crippen molar-refractivity contribution in [2.45, 2.75) is 32.2 Å². The summed E-state index contributed by atoms with van der Waals surface area (Å²) in [6, 6.07) is 9.27. The zero-order valence-electron chi connectivity index (χ0n) is 11.4. The van der Waals surface area contributed by atoms with Crippen molar-refractivity contribution in [1.29, 1.82) is 0 Å². The van der Waals surface area contributed by atoms with Crippen molar-refractivity contribution in [3.63, 3.8) is 0 Å². The molecule has 1 aliphatic heterocycles. The van der Waals surface area contributed by atoms with Crippen LogP contribution in [-0.4, -0.2) is 29.3 Å². The summed E-state index contributed by atoms with van der Waals surface area (Å²) in [6.07, 6.45) is 0.256. The van der Waals surface area contributed by atoms with Gasteiger partial charge in [-0.3, -0.25) is 14.5 Å². The fraction of sp³-hybridized carbons (Fsp3) is 0.467. The Morgan fingerprint density at radius 1 is 1.26 bits per heavy atom. The minimum atomic E-state index is -0.346. The molecule has 1 saturated heterocycles. The number of benzene rings is 1. The van der Waals surface area contributed by atoms with Crippen LogP contribution in [0.4, 0.5) is 0 Å². The Labute approximate surface area is 113 Å². The molecule has 1 heterocycles. The minimum Gasteiger partial charge on any atom is -0.328 e. The lowest BCUT2D eigenvalue weighted by atomic mass is 9.97. The number of imide groups is 1. The molecule has 1 fully saturated rings. The maximum atomic E-state index is 12.5. The molecule has 2 N–H and O–H groups in total. The number of nitrogens with two attached hydrogens (primary N) is 1.